The van der Waals surface area contributed by atoms with Crippen molar-refractivity contribution in [1.29, 1.82) is 0 Å². The van der Waals surface area contributed by atoms with Gasteiger partial charge in [0.25, 0.3) is 0 Å². The molecule has 0 heterocycles. The van der Waals surface area contributed by atoms with Gasteiger partial charge in [-0.05, 0) is 25.4 Å². The van der Waals surface area contributed by atoms with Crippen molar-refractivity contribution in [2.75, 3.05) is 13.1 Å². The summed E-state index contributed by atoms with van der Waals surface area (Å²) in [5.74, 6) is 0.985. The van der Waals surface area contributed by atoms with Gasteiger partial charge in [0, 0.05) is 0 Å². The summed E-state index contributed by atoms with van der Waals surface area (Å²) in [6, 6.07) is 0. The number of hydrogen-bond acceptors (Lipinski definition) is 1. The molecule has 1 N–H and O–H groups in total. The maximum absolute atomic E-state index is 3.36. The lowest BCUT2D eigenvalue weighted by Gasteiger charge is -2.11. The van der Waals surface area contributed by atoms with Gasteiger partial charge >= 0.3 is 0 Å². The van der Waals surface area contributed by atoms with Crippen LogP contribution in [0.3, 0.4) is 0 Å². The van der Waals surface area contributed by atoms with E-state index in [1.54, 1.807) is 0 Å². The summed E-state index contributed by atoms with van der Waals surface area (Å²) in [6.45, 7) is 9.12. The van der Waals surface area contributed by atoms with Crippen molar-refractivity contribution in [2.24, 2.45) is 5.92 Å². The van der Waals surface area contributed by atoms with E-state index in [1.807, 2.05) is 0 Å². The van der Waals surface area contributed by atoms with E-state index in [2.05, 4.69) is 26.1 Å². The average molecular weight is 185 g/mol. The van der Waals surface area contributed by atoms with Gasteiger partial charge in [0.2, 0.25) is 0 Å². The predicted octanol–water partition coefficient (Wildman–Crippen LogP) is 3.59. The molecule has 1 nitrogen and oxygen atoms in total. The minimum Gasteiger partial charge on any atom is -0.317 e. The van der Waals surface area contributed by atoms with Crippen LogP contribution in [0.2, 0.25) is 0 Å². The van der Waals surface area contributed by atoms with E-state index < -0.39 is 0 Å². The van der Waals surface area contributed by atoms with Crippen LogP contribution < -0.4 is 5.32 Å². The summed E-state index contributed by atoms with van der Waals surface area (Å²) in [4.78, 5) is 0. The molecule has 13 heavy (non-hydrogen) atoms. The van der Waals surface area contributed by atoms with Crippen LogP contribution in [-0.2, 0) is 0 Å². The van der Waals surface area contributed by atoms with Crippen molar-refractivity contribution < 1.29 is 0 Å². The first-order chi connectivity index (χ1) is 6.35. The molecule has 0 aliphatic carbocycles. The monoisotopic (exact) mass is 185 g/mol. The molecule has 0 spiro atoms. The highest BCUT2D eigenvalue weighted by Gasteiger charge is 2.01. The fraction of sp³-hybridized carbons (Fsp3) is 1.00. The Hall–Kier alpha value is -0.0400. The fourth-order valence-electron chi connectivity index (χ4n) is 1.73. The maximum atomic E-state index is 3.36. The van der Waals surface area contributed by atoms with Gasteiger partial charge < -0.3 is 5.32 Å². The van der Waals surface area contributed by atoms with Crippen LogP contribution in [0.4, 0.5) is 0 Å². The van der Waals surface area contributed by atoms with Crippen LogP contribution in [0.1, 0.15) is 59.3 Å². The first-order valence-corrected chi connectivity index (χ1v) is 6.05. The van der Waals surface area contributed by atoms with E-state index in [1.165, 1.54) is 45.1 Å². The average Bonchev–Trinajstić information content (AvgIpc) is 2.17. The van der Waals surface area contributed by atoms with E-state index >= 15 is 0 Å². The Morgan fingerprint density at radius 3 is 2.15 bits per heavy atom. The largest absolute Gasteiger partial charge is 0.317 e. The fourth-order valence-corrected chi connectivity index (χ4v) is 1.73. The van der Waals surface area contributed by atoms with Crippen molar-refractivity contribution in [3.05, 3.63) is 0 Å². The minimum absolute atomic E-state index is 0.985. The van der Waals surface area contributed by atoms with Gasteiger partial charge in [-0.15, -0.1) is 0 Å². The quantitative estimate of drug-likeness (QED) is 0.541. The first kappa shape index (κ1) is 13.0. The second-order valence-corrected chi connectivity index (χ2v) is 3.89. The third-order valence-electron chi connectivity index (χ3n) is 2.87. The molecule has 0 unspecified atom stereocenters. The van der Waals surface area contributed by atoms with Gasteiger partial charge in [-0.3, -0.25) is 0 Å². The lowest BCUT2D eigenvalue weighted by molar-refractivity contribution is 0.428. The lowest BCUT2D eigenvalue weighted by Crippen LogP contribution is -2.13. The molecule has 0 amide bonds. The van der Waals surface area contributed by atoms with Crippen LogP contribution in [0.15, 0.2) is 0 Å². The lowest BCUT2D eigenvalue weighted by atomic mass is 9.96. The Morgan fingerprint density at radius 1 is 0.923 bits per heavy atom. The van der Waals surface area contributed by atoms with Crippen molar-refractivity contribution in [1.82, 2.24) is 5.32 Å². The van der Waals surface area contributed by atoms with E-state index in [4.69, 9.17) is 0 Å². The molecule has 0 rings (SSSR count). The summed E-state index contributed by atoms with van der Waals surface area (Å²) < 4.78 is 0. The summed E-state index contributed by atoms with van der Waals surface area (Å²) in [6.07, 6.45) is 8.36. The number of rotatable bonds is 9. The Balaban J connectivity index is 3.05. The second-order valence-electron chi connectivity index (χ2n) is 3.89. The Labute approximate surface area is 84.3 Å². The van der Waals surface area contributed by atoms with Crippen molar-refractivity contribution in [2.45, 2.75) is 59.3 Å². The molecule has 0 aromatic heterocycles. The van der Waals surface area contributed by atoms with Gasteiger partial charge in [0.15, 0.2) is 0 Å². The van der Waals surface area contributed by atoms with Crippen LogP contribution in [0.25, 0.3) is 0 Å². The van der Waals surface area contributed by atoms with Gasteiger partial charge in [0.1, 0.15) is 0 Å². The third-order valence-corrected chi connectivity index (χ3v) is 2.87. The molecule has 0 aliphatic heterocycles. The molecule has 0 aromatic rings. The summed E-state index contributed by atoms with van der Waals surface area (Å²) in [5.41, 5.74) is 0. The Bertz CT molecular complexity index is 87.1. The van der Waals surface area contributed by atoms with Crippen LogP contribution in [-0.4, -0.2) is 13.1 Å². The molecule has 0 bridgehead atoms. The number of hydrogen-bond donors (Lipinski definition) is 1. The predicted molar refractivity (Wildman–Crippen MR) is 61.1 cm³/mol. The van der Waals surface area contributed by atoms with Crippen LogP contribution in [0, 0.1) is 5.92 Å². The normalized spacial score (nSPS) is 11.1. The highest BCUT2D eigenvalue weighted by atomic mass is 14.8. The smallest absolute Gasteiger partial charge is 0.00490 e. The molecule has 0 aliphatic rings. The third kappa shape index (κ3) is 8.29. The summed E-state index contributed by atoms with van der Waals surface area (Å²) >= 11 is 0. The highest BCUT2D eigenvalue weighted by molar-refractivity contribution is 4.55. The van der Waals surface area contributed by atoms with Crippen LogP contribution >= 0.6 is 0 Å². The van der Waals surface area contributed by atoms with E-state index in [0.29, 0.717) is 0 Å². The van der Waals surface area contributed by atoms with Gasteiger partial charge in [0.05, 0.1) is 0 Å². The topological polar surface area (TPSA) is 12.0 Å². The molecular weight excluding hydrogens is 158 g/mol. The molecule has 1 heteroatoms. The molecule has 0 radical (unpaired) electrons. The zero-order valence-electron chi connectivity index (χ0n) is 9.73. The van der Waals surface area contributed by atoms with Crippen molar-refractivity contribution in [3.63, 3.8) is 0 Å². The number of unbranched alkanes of at least 4 members (excludes halogenated alkanes) is 2. The Morgan fingerprint density at radius 2 is 1.62 bits per heavy atom. The summed E-state index contributed by atoms with van der Waals surface area (Å²) in [7, 11) is 0. The van der Waals surface area contributed by atoms with Gasteiger partial charge in [-0.2, -0.15) is 0 Å². The zero-order valence-corrected chi connectivity index (χ0v) is 9.73. The molecule has 80 valence electrons. The molecule has 0 atom stereocenters. The zero-order chi connectivity index (χ0) is 9.94. The molecular formula is C12H27N. The van der Waals surface area contributed by atoms with E-state index in [-0.39, 0.29) is 0 Å². The maximum Gasteiger partial charge on any atom is -0.00490 e. The van der Waals surface area contributed by atoms with Gasteiger partial charge in [-0.1, -0.05) is 52.9 Å². The van der Waals surface area contributed by atoms with Crippen molar-refractivity contribution in [3.8, 4) is 0 Å². The second kappa shape index (κ2) is 10.0. The highest BCUT2D eigenvalue weighted by Crippen LogP contribution is 2.16. The molecule has 0 aromatic carbocycles. The molecule has 0 saturated heterocycles. The van der Waals surface area contributed by atoms with Crippen molar-refractivity contribution >= 4 is 0 Å². The molecule has 0 saturated carbocycles. The standard InChI is InChI=1S/C12H27N/c1-4-12(5-2)10-8-7-9-11-13-6-3/h12-13H,4-11H2,1-3H3. The SMILES string of the molecule is CCNCCCCCC(CC)CC. The van der Waals surface area contributed by atoms with E-state index in [0.717, 1.165) is 12.5 Å². The first-order valence-electron chi connectivity index (χ1n) is 6.05. The Kier molecular flexibility index (Phi) is 10.0. The van der Waals surface area contributed by atoms with Crippen LogP contribution in [0.5, 0.6) is 0 Å². The van der Waals surface area contributed by atoms with Gasteiger partial charge in [-0.25, -0.2) is 0 Å². The number of nitrogens with one attached hydrogen (secondary N) is 1. The minimum atomic E-state index is 0.985. The summed E-state index contributed by atoms with van der Waals surface area (Å²) in [5, 5.41) is 3.36. The molecule has 0 fully saturated rings. The van der Waals surface area contributed by atoms with E-state index in [9.17, 15) is 0 Å².